The molecule has 0 aliphatic heterocycles. The molecule has 0 aliphatic carbocycles. The fourth-order valence-electron chi connectivity index (χ4n) is 2.75. The normalized spacial score (nSPS) is 12.9. The highest BCUT2D eigenvalue weighted by Crippen LogP contribution is 2.30. The quantitative estimate of drug-likeness (QED) is 0.655. The average Bonchev–Trinajstić information content (AvgIpc) is 2.67. The first-order valence-electron chi connectivity index (χ1n) is 9.38. The number of rotatable bonds is 9. The summed E-state index contributed by atoms with van der Waals surface area (Å²) in [6.07, 6.45) is 1.04. The second kappa shape index (κ2) is 9.85. The second-order valence-electron chi connectivity index (χ2n) is 6.28. The predicted molar refractivity (Wildman–Crippen MR) is 106 cm³/mol. The maximum Gasteiger partial charge on any atom is 0.265 e. The summed E-state index contributed by atoms with van der Waals surface area (Å²) in [4.78, 5) is 12.8. The zero-order valence-electron chi connectivity index (χ0n) is 16.1. The summed E-state index contributed by atoms with van der Waals surface area (Å²) in [5.41, 5.74) is 1.80. The minimum Gasteiger partial charge on any atom is -0.492 e. The molecule has 26 heavy (non-hydrogen) atoms. The number of nitrogens with one attached hydrogen (secondary N) is 1. The van der Waals surface area contributed by atoms with Gasteiger partial charge in [0.05, 0.1) is 12.3 Å². The van der Waals surface area contributed by atoms with Crippen molar-refractivity contribution in [1.82, 2.24) is 0 Å². The molecule has 2 aromatic rings. The van der Waals surface area contributed by atoms with Gasteiger partial charge < -0.3 is 14.8 Å². The molecule has 0 aromatic heterocycles. The Morgan fingerprint density at radius 2 is 1.62 bits per heavy atom. The van der Waals surface area contributed by atoms with Crippen molar-refractivity contribution in [1.29, 1.82) is 0 Å². The van der Waals surface area contributed by atoms with Crippen LogP contribution in [0.2, 0.25) is 0 Å². The molecule has 0 spiro atoms. The van der Waals surface area contributed by atoms with Gasteiger partial charge in [0, 0.05) is 0 Å². The van der Waals surface area contributed by atoms with E-state index in [2.05, 4.69) is 25.2 Å². The monoisotopic (exact) mass is 355 g/mol. The van der Waals surface area contributed by atoms with Crippen molar-refractivity contribution in [2.24, 2.45) is 0 Å². The molecule has 1 N–H and O–H groups in total. The van der Waals surface area contributed by atoms with Crippen molar-refractivity contribution in [3.8, 4) is 11.5 Å². The minimum atomic E-state index is -0.560. The Labute approximate surface area is 156 Å². The molecule has 140 valence electrons. The van der Waals surface area contributed by atoms with E-state index >= 15 is 0 Å². The summed E-state index contributed by atoms with van der Waals surface area (Å²) in [6, 6.07) is 15.4. The van der Waals surface area contributed by atoms with Gasteiger partial charge in [-0.3, -0.25) is 4.79 Å². The van der Waals surface area contributed by atoms with Gasteiger partial charge in [0.15, 0.2) is 6.10 Å². The van der Waals surface area contributed by atoms with E-state index in [0.717, 1.165) is 17.7 Å². The van der Waals surface area contributed by atoms with Gasteiger partial charge in [-0.25, -0.2) is 0 Å². The lowest BCUT2D eigenvalue weighted by molar-refractivity contribution is -0.122. The van der Waals surface area contributed by atoms with Crippen LogP contribution in [0.25, 0.3) is 0 Å². The van der Waals surface area contributed by atoms with Crippen molar-refractivity contribution >= 4 is 11.6 Å². The molecular formula is C22H29NO3. The molecule has 0 saturated heterocycles. The van der Waals surface area contributed by atoms with Gasteiger partial charge in [0.1, 0.15) is 11.5 Å². The Morgan fingerprint density at radius 1 is 0.962 bits per heavy atom. The van der Waals surface area contributed by atoms with Crippen LogP contribution in [-0.4, -0.2) is 18.6 Å². The lowest BCUT2D eigenvalue weighted by Crippen LogP contribution is -2.32. The average molecular weight is 355 g/mol. The van der Waals surface area contributed by atoms with Gasteiger partial charge in [-0.15, -0.1) is 0 Å². The molecule has 0 saturated carbocycles. The first-order chi connectivity index (χ1) is 12.6. The molecule has 0 heterocycles. The van der Waals surface area contributed by atoms with Crippen LogP contribution in [0.3, 0.4) is 0 Å². The number of benzene rings is 2. The summed E-state index contributed by atoms with van der Waals surface area (Å²) >= 11 is 0. The smallest absolute Gasteiger partial charge is 0.265 e. The number of hydrogen-bond acceptors (Lipinski definition) is 3. The molecule has 2 unspecified atom stereocenters. The lowest BCUT2D eigenvalue weighted by Gasteiger charge is -2.22. The van der Waals surface area contributed by atoms with Crippen molar-refractivity contribution < 1.29 is 14.3 Å². The van der Waals surface area contributed by atoms with Crippen LogP contribution in [0.4, 0.5) is 5.69 Å². The number of anilines is 1. The van der Waals surface area contributed by atoms with Gasteiger partial charge in [-0.2, -0.15) is 0 Å². The van der Waals surface area contributed by atoms with E-state index in [1.54, 1.807) is 0 Å². The SMILES string of the molecule is CCOc1ccccc1NC(=O)C(CC)Oc1ccccc1C(C)CC. The Hall–Kier alpha value is -2.49. The van der Waals surface area contributed by atoms with Crippen LogP contribution >= 0.6 is 0 Å². The lowest BCUT2D eigenvalue weighted by atomic mass is 9.98. The van der Waals surface area contributed by atoms with Gasteiger partial charge in [0.25, 0.3) is 5.91 Å². The Bertz CT molecular complexity index is 714. The zero-order chi connectivity index (χ0) is 18.9. The number of carbonyl (C=O) groups is 1. The van der Waals surface area contributed by atoms with Crippen molar-refractivity contribution in [3.63, 3.8) is 0 Å². The van der Waals surface area contributed by atoms with E-state index < -0.39 is 6.10 Å². The van der Waals surface area contributed by atoms with Crippen molar-refractivity contribution in [2.45, 2.75) is 52.6 Å². The second-order valence-corrected chi connectivity index (χ2v) is 6.28. The van der Waals surface area contributed by atoms with Crippen molar-refractivity contribution in [3.05, 3.63) is 54.1 Å². The molecule has 2 rings (SSSR count). The summed E-state index contributed by atoms with van der Waals surface area (Å²) in [7, 11) is 0. The van der Waals surface area contributed by atoms with Crippen molar-refractivity contribution in [2.75, 3.05) is 11.9 Å². The summed E-state index contributed by atoms with van der Waals surface area (Å²) in [5, 5.41) is 2.94. The summed E-state index contributed by atoms with van der Waals surface area (Å²) < 4.78 is 11.7. The van der Waals surface area contributed by atoms with E-state index in [1.165, 1.54) is 0 Å². The number of amides is 1. The maximum atomic E-state index is 12.8. The topological polar surface area (TPSA) is 47.6 Å². The largest absolute Gasteiger partial charge is 0.492 e. The number of ether oxygens (including phenoxy) is 2. The highest BCUT2D eigenvalue weighted by atomic mass is 16.5. The summed E-state index contributed by atoms with van der Waals surface area (Å²) in [6.45, 7) is 8.73. The van der Waals surface area contributed by atoms with Gasteiger partial charge in [-0.1, -0.05) is 51.1 Å². The standard InChI is InChI=1S/C22H29NO3/c1-5-16(4)17-12-8-10-14-20(17)26-19(6-2)22(24)23-18-13-9-11-15-21(18)25-7-3/h8-16,19H,5-7H2,1-4H3,(H,23,24). The Kier molecular flexibility index (Phi) is 7.52. The van der Waals surface area contributed by atoms with E-state index in [1.807, 2.05) is 56.3 Å². The van der Waals surface area contributed by atoms with E-state index in [4.69, 9.17) is 9.47 Å². The molecule has 4 nitrogen and oxygen atoms in total. The number of para-hydroxylation sites is 3. The van der Waals surface area contributed by atoms with E-state index in [-0.39, 0.29) is 5.91 Å². The Balaban J connectivity index is 2.16. The number of hydrogen-bond donors (Lipinski definition) is 1. The van der Waals surface area contributed by atoms with Crippen LogP contribution in [0.5, 0.6) is 11.5 Å². The third-order valence-corrected chi connectivity index (χ3v) is 4.44. The first kappa shape index (κ1) is 19.8. The maximum absolute atomic E-state index is 12.8. The molecular weight excluding hydrogens is 326 g/mol. The van der Waals surface area contributed by atoms with E-state index in [0.29, 0.717) is 30.4 Å². The molecule has 2 aromatic carbocycles. The number of carbonyl (C=O) groups excluding carboxylic acids is 1. The van der Waals surface area contributed by atoms with Crippen LogP contribution in [0, 0.1) is 0 Å². The molecule has 0 bridgehead atoms. The highest BCUT2D eigenvalue weighted by Gasteiger charge is 2.21. The highest BCUT2D eigenvalue weighted by molar-refractivity contribution is 5.95. The fourth-order valence-corrected chi connectivity index (χ4v) is 2.75. The molecule has 0 fully saturated rings. The van der Waals surface area contributed by atoms with Gasteiger partial charge in [-0.05, 0) is 49.4 Å². The third kappa shape index (κ3) is 5.01. The minimum absolute atomic E-state index is 0.168. The first-order valence-corrected chi connectivity index (χ1v) is 9.38. The molecule has 4 heteroatoms. The van der Waals surface area contributed by atoms with Crippen LogP contribution in [-0.2, 0) is 4.79 Å². The summed E-state index contributed by atoms with van der Waals surface area (Å²) in [5.74, 6) is 1.66. The molecule has 1 amide bonds. The van der Waals surface area contributed by atoms with Crippen LogP contribution in [0.1, 0.15) is 52.0 Å². The third-order valence-electron chi connectivity index (χ3n) is 4.44. The van der Waals surface area contributed by atoms with Crippen LogP contribution in [0.15, 0.2) is 48.5 Å². The Morgan fingerprint density at radius 3 is 2.27 bits per heavy atom. The molecule has 2 atom stereocenters. The predicted octanol–water partition coefficient (Wildman–Crippen LogP) is 5.39. The van der Waals surface area contributed by atoms with E-state index in [9.17, 15) is 4.79 Å². The van der Waals surface area contributed by atoms with Crippen LogP contribution < -0.4 is 14.8 Å². The molecule has 0 aliphatic rings. The molecule has 0 radical (unpaired) electrons. The van der Waals surface area contributed by atoms with Gasteiger partial charge in [0.2, 0.25) is 0 Å². The van der Waals surface area contributed by atoms with Gasteiger partial charge >= 0.3 is 0 Å². The fraction of sp³-hybridized carbons (Fsp3) is 0.409. The zero-order valence-corrected chi connectivity index (χ0v) is 16.1.